The van der Waals surface area contributed by atoms with Gasteiger partial charge >= 0.3 is 5.97 Å². The number of carbonyl (C=O) groups is 1. The molecule has 0 bridgehead atoms. The Bertz CT molecular complexity index is 384. The van der Waals surface area contributed by atoms with Crippen molar-refractivity contribution in [1.82, 2.24) is 9.03 Å². The molecular weight excluding hydrogens is 260 g/mol. The third-order valence-corrected chi connectivity index (χ3v) is 4.55. The first kappa shape index (κ1) is 15.4. The molecule has 106 valence electrons. The summed E-state index contributed by atoms with van der Waals surface area (Å²) in [5.41, 5.74) is 0. The van der Waals surface area contributed by atoms with Crippen LogP contribution in [-0.2, 0) is 19.7 Å². The van der Waals surface area contributed by atoms with Crippen LogP contribution in [0.15, 0.2) is 0 Å². The normalized spacial score (nSPS) is 23.8. The van der Waals surface area contributed by atoms with Crippen molar-refractivity contribution in [3.8, 4) is 0 Å². The van der Waals surface area contributed by atoms with Crippen molar-refractivity contribution >= 4 is 16.2 Å². The van der Waals surface area contributed by atoms with E-state index in [2.05, 4.69) is 4.72 Å². The van der Waals surface area contributed by atoms with Crippen molar-refractivity contribution in [2.24, 2.45) is 5.92 Å². The molecule has 0 aromatic rings. The number of methoxy groups -OCH3 is 1. The first-order valence-corrected chi connectivity index (χ1v) is 7.30. The summed E-state index contributed by atoms with van der Waals surface area (Å²) in [5, 5.41) is 8.93. The number of carboxylic acids is 1. The molecule has 2 N–H and O–H groups in total. The van der Waals surface area contributed by atoms with Gasteiger partial charge in [-0.1, -0.05) is 0 Å². The molecule has 1 aliphatic rings. The van der Waals surface area contributed by atoms with Crippen LogP contribution in [0, 0.1) is 5.92 Å². The van der Waals surface area contributed by atoms with Crippen LogP contribution in [0.2, 0.25) is 0 Å². The van der Waals surface area contributed by atoms with Crippen LogP contribution in [0.3, 0.4) is 0 Å². The van der Waals surface area contributed by atoms with E-state index in [1.165, 1.54) is 11.4 Å². The van der Waals surface area contributed by atoms with Gasteiger partial charge in [-0.15, -0.1) is 0 Å². The molecule has 0 aliphatic carbocycles. The summed E-state index contributed by atoms with van der Waals surface area (Å²) in [6.07, 6.45) is 1.09. The van der Waals surface area contributed by atoms with Crippen molar-refractivity contribution in [3.05, 3.63) is 0 Å². The molecule has 18 heavy (non-hydrogen) atoms. The molecule has 1 saturated heterocycles. The average Bonchev–Trinajstić information content (AvgIpc) is 2.28. The van der Waals surface area contributed by atoms with Gasteiger partial charge in [0.1, 0.15) is 0 Å². The fourth-order valence-corrected chi connectivity index (χ4v) is 3.45. The molecule has 2 unspecified atom stereocenters. The van der Waals surface area contributed by atoms with Gasteiger partial charge in [0, 0.05) is 26.2 Å². The van der Waals surface area contributed by atoms with Crippen molar-refractivity contribution in [2.75, 3.05) is 26.8 Å². The van der Waals surface area contributed by atoms with E-state index in [-0.39, 0.29) is 19.2 Å². The van der Waals surface area contributed by atoms with Gasteiger partial charge < -0.3 is 9.84 Å². The SMILES string of the molecule is COCC(C)NS(=O)(=O)N1CCCC(C(=O)O)C1. The maximum absolute atomic E-state index is 12.0. The molecule has 8 heteroatoms. The maximum atomic E-state index is 12.0. The van der Waals surface area contributed by atoms with E-state index in [0.29, 0.717) is 19.4 Å². The highest BCUT2D eigenvalue weighted by Crippen LogP contribution is 2.18. The molecular formula is C10H20N2O5S. The Morgan fingerprint density at radius 1 is 1.61 bits per heavy atom. The molecule has 1 aliphatic heterocycles. The van der Waals surface area contributed by atoms with Crippen LogP contribution in [0.25, 0.3) is 0 Å². The van der Waals surface area contributed by atoms with Crippen molar-refractivity contribution < 1.29 is 23.1 Å². The van der Waals surface area contributed by atoms with Gasteiger partial charge in [0.2, 0.25) is 0 Å². The molecule has 2 atom stereocenters. The monoisotopic (exact) mass is 280 g/mol. The lowest BCUT2D eigenvalue weighted by molar-refractivity contribution is -0.142. The van der Waals surface area contributed by atoms with Gasteiger partial charge in [-0.3, -0.25) is 4.79 Å². The summed E-state index contributed by atoms with van der Waals surface area (Å²) in [4.78, 5) is 10.9. The molecule has 1 fully saturated rings. The van der Waals surface area contributed by atoms with Gasteiger partial charge in [-0.25, -0.2) is 0 Å². The van der Waals surface area contributed by atoms with Crippen LogP contribution >= 0.6 is 0 Å². The lowest BCUT2D eigenvalue weighted by atomic mass is 10.0. The van der Waals surface area contributed by atoms with Crippen LogP contribution in [0.5, 0.6) is 0 Å². The molecule has 0 amide bonds. The fraction of sp³-hybridized carbons (Fsp3) is 0.900. The van der Waals surface area contributed by atoms with Crippen LogP contribution in [0.4, 0.5) is 0 Å². The van der Waals surface area contributed by atoms with E-state index in [1.807, 2.05) is 0 Å². The van der Waals surface area contributed by atoms with E-state index >= 15 is 0 Å². The van der Waals surface area contributed by atoms with Crippen molar-refractivity contribution in [1.29, 1.82) is 0 Å². The summed E-state index contributed by atoms with van der Waals surface area (Å²) in [5.74, 6) is -1.56. The molecule has 1 rings (SSSR count). The minimum atomic E-state index is -3.63. The Morgan fingerprint density at radius 3 is 2.83 bits per heavy atom. The summed E-state index contributed by atoms with van der Waals surface area (Å²) < 4.78 is 32.5. The number of rotatable bonds is 6. The number of hydrogen-bond donors (Lipinski definition) is 2. The predicted molar refractivity (Wildman–Crippen MR) is 65.3 cm³/mol. The zero-order chi connectivity index (χ0) is 13.8. The highest BCUT2D eigenvalue weighted by molar-refractivity contribution is 7.87. The average molecular weight is 280 g/mol. The molecule has 0 saturated carbocycles. The molecule has 0 aromatic heterocycles. The van der Waals surface area contributed by atoms with Crippen molar-refractivity contribution in [2.45, 2.75) is 25.8 Å². The van der Waals surface area contributed by atoms with Gasteiger partial charge in [0.05, 0.1) is 12.5 Å². The van der Waals surface area contributed by atoms with Gasteiger partial charge in [-0.05, 0) is 19.8 Å². The number of hydrogen-bond acceptors (Lipinski definition) is 4. The smallest absolute Gasteiger partial charge is 0.307 e. The van der Waals surface area contributed by atoms with Crippen LogP contribution < -0.4 is 4.72 Å². The Kier molecular flexibility index (Phi) is 5.51. The third-order valence-electron chi connectivity index (χ3n) is 2.84. The zero-order valence-corrected chi connectivity index (χ0v) is 11.4. The second-order valence-corrected chi connectivity index (χ2v) is 6.22. The van der Waals surface area contributed by atoms with Gasteiger partial charge in [0.15, 0.2) is 0 Å². The number of nitrogens with zero attached hydrogens (tertiary/aromatic N) is 1. The Balaban J connectivity index is 2.64. The van der Waals surface area contributed by atoms with Crippen LogP contribution in [0.1, 0.15) is 19.8 Å². The number of piperidine rings is 1. The van der Waals surface area contributed by atoms with Gasteiger partial charge in [0.25, 0.3) is 10.2 Å². The standard InChI is InChI=1S/C10H20N2O5S/c1-8(7-17-2)11-18(15,16)12-5-3-4-9(6-12)10(13)14/h8-9,11H,3-7H2,1-2H3,(H,13,14). The Morgan fingerprint density at radius 2 is 2.28 bits per heavy atom. The highest BCUT2D eigenvalue weighted by Gasteiger charge is 2.32. The third kappa shape index (κ3) is 4.20. The lowest BCUT2D eigenvalue weighted by Gasteiger charge is -2.30. The molecule has 0 aromatic carbocycles. The number of aliphatic carboxylic acids is 1. The fourth-order valence-electron chi connectivity index (χ4n) is 1.98. The second kappa shape index (κ2) is 6.46. The molecule has 0 spiro atoms. The second-order valence-electron chi connectivity index (χ2n) is 4.51. The first-order valence-electron chi connectivity index (χ1n) is 5.86. The molecule has 1 heterocycles. The zero-order valence-electron chi connectivity index (χ0n) is 10.6. The summed E-state index contributed by atoms with van der Waals surface area (Å²) in [7, 11) is -2.14. The minimum absolute atomic E-state index is 0.0321. The largest absolute Gasteiger partial charge is 0.481 e. The first-order chi connectivity index (χ1) is 8.36. The quantitative estimate of drug-likeness (QED) is 0.693. The van der Waals surface area contributed by atoms with E-state index in [0.717, 1.165) is 0 Å². The van der Waals surface area contributed by atoms with E-state index in [9.17, 15) is 13.2 Å². The van der Waals surface area contributed by atoms with Crippen LogP contribution in [-0.4, -0.2) is 56.6 Å². The number of nitrogens with one attached hydrogen (secondary N) is 1. The summed E-state index contributed by atoms with van der Waals surface area (Å²) >= 11 is 0. The van der Waals surface area contributed by atoms with Gasteiger partial charge in [-0.2, -0.15) is 17.4 Å². The van der Waals surface area contributed by atoms with E-state index in [1.54, 1.807) is 6.92 Å². The topological polar surface area (TPSA) is 95.9 Å². The summed E-state index contributed by atoms with van der Waals surface area (Å²) in [6.45, 7) is 2.36. The maximum Gasteiger partial charge on any atom is 0.307 e. The predicted octanol–water partition coefficient (Wildman–Crippen LogP) is -0.348. The molecule has 7 nitrogen and oxygen atoms in total. The van der Waals surface area contributed by atoms with E-state index < -0.39 is 22.1 Å². The number of ether oxygens (including phenoxy) is 1. The Labute approximate surface area is 107 Å². The van der Waals surface area contributed by atoms with E-state index in [4.69, 9.17) is 9.84 Å². The highest BCUT2D eigenvalue weighted by atomic mass is 32.2. The number of carboxylic acid groups (broad SMARTS) is 1. The van der Waals surface area contributed by atoms with Crippen molar-refractivity contribution in [3.63, 3.8) is 0 Å². The minimum Gasteiger partial charge on any atom is -0.481 e. The molecule has 0 radical (unpaired) electrons. The lowest BCUT2D eigenvalue weighted by Crippen LogP contribution is -2.50. The Hall–Kier alpha value is -0.700. The summed E-state index contributed by atoms with van der Waals surface area (Å²) in [6, 6.07) is -0.342.